The molecule has 0 aliphatic carbocycles. The molecule has 1 atom stereocenters. The lowest BCUT2D eigenvalue weighted by molar-refractivity contribution is -0.137. The van der Waals surface area contributed by atoms with Crippen LogP contribution in [0.25, 0.3) is 0 Å². The van der Waals surface area contributed by atoms with E-state index in [0.717, 1.165) is 30.5 Å². The third kappa shape index (κ3) is 7.25. The van der Waals surface area contributed by atoms with Crippen LogP contribution in [0.4, 0.5) is 17.6 Å². The van der Waals surface area contributed by atoms with Crippen molar-refractivity contribution < 1.29 is 27.2 Å². The Bertz CT molecular complexity index is 932. The van der Waals surface area contributed by atoms with Crippen molar-refractivity contribution in [3.63, 3.8) is 0 Å². The molecule has 0 fully saturated rings. The van der Waals surface area contributed by atoms with Crippen LogP contribution in [-0.4, -0.2) is 36.1 Å². The van der Waals surface area contributed by atoms with Crippen molar-refractivity contribution in [1.82, 2.24) is 10.7 Å². The van der Waals surface area contributed by atoms with Gasteiger partial charge in [-0.25, -0.2) is 9.82 Å². The zero-order valence-corrected chi connectivity index (χ0v) is 17.7. The minimum atomic E-state index is -4.52. The van der Waals surface area contributed by atoms with E-state index in [9.17, 15) is 27.2 Å². The second-order valence-electron chi connectivity index (χ2n) is 6.25. The SMILES string of the molecule is CSCCC(NC(=O)c1ccc(C(F)(F)F)cc1)C(=O)N/N=C/c1c(F)cccc1Cl. The van der Waals surface area contributed by atoms with Crippen LogP contribution in [-0.2, 0) is 11.0 Å². The van der Waals surface area contributed by atoms with Gasteiger partial charge < -0.3 is 5.32 Å². The zero-order valence-electron chi connectivity index (χ0n) is 16.2. The molecule has 31 heavy (non-hydrogen) atoms. The first kappa shape index (κ1) is 24.7. The van der Waals surface area contributed by atoms with E-state index >= 15 is 0 Å². The third-order valence-electron chi connectivity index (χ3n) is 4.07. The molecule has 2 amide bonds. The number of nitrogens with one attached hydrogen (secondary N) is 2. The number of hydrogen-bond acceptors (Lipinski definition) is 4. The van der Waals surface area contributed by atoms with Crippen molar-refractivity contribution in [3.05, 3.63) is 70.0 Å². The molecule has 0 bridgehead atoms. The summed E-state index contributed by atoms with van der Waals surface area (Å²) in [4.78, 5) is 24.8. The lowest BCUT2D eigenvalue weighted by Gasteiger charge is -2.17. The quantitative estimate of drug-likeness (QED) is 0.335. The first-order valence-electron chi connectivity index (χ1n) is 8.87. The number of thioether (sulfide) groups is 1. The number of benzene rings is 2. The van der Waals surface area contributed by atoms with Gasteiger partial charge in [0.25, 0.3) is 11.8 Å². The Labute approximate surface area is 185 Å². The van der Waals surface area contributed by atoms with Gasteiger partial charge in [-0.15, -0.1) is 0 Å². The molecule has 1 unspecified atom stereocenters. The van der Waals surface area contributed by atoms with Gasteiger partial charge in [0.05, 0.1) is 16.8 Å². The van der Waals surface area contributed by atoms with Crippen molar-refractivity contribution in [2.75, 3.05) is 12.0 Å². The molecule has 0 radical (unpaired) electrons. The van der Waals surface area contributed by atoms with Gasteiger partial charge in [0.2, 0.25) is 0 Å². The minimum Gasteiger partial charge on any atom is -0.340 e. The molecule has 166 valence electrons. The van der Waals surface area contributed by atoms with E-state index in [-0.39, 0.29) is 22.6 Å². The summed E-state index contributed by atoms with van der Waals surface area (Å²) in [7, 11) is 0. The van der Waals surface area contributed by atoms with E-state index in [0.29, 0.717) is 5.75 Å². The van der Waals surface area contributed by atoms with Gasteiger partial charge in [-0.1, -0.05) is 17.7 Å². The smallest absolute Gasteiger partial charge is 0.340 e. The Morgan fingerprint density at radius 1 is 1.19 bits per heavy atom. The Morgan fingerprint density at radius 2 is 1.87 bits per heavy atom. The zero-order chi connectivity index (χ0) is 23.0. The maximum absolute atomic E-state index is 13.7. The molecule has 0 saturated carbocycles. The molecule has 5 nitrogen and oxygen atoms in total. The number of amides is 2. The largest absolute Gasteiger partial charge is 0.416 e. The Hall–Kier alpha value is -2.59. The summed E-state index contributed by atoms with van der Waals surface area (Å²) >= 11 is 7.32. The van der Waals surface area contributed by atoms with E-state index in [2.05, 4.69) is 15.8 Å². The highest BCUT2D eigenvalue weighted by atomic mass is 35.5. The van der Waals surface area contributed by atoms with Crippen molar-refractivity contribution in [2.45, 2.75) is 18.6 Å². The molecule has 0 saturated heterocycles. The van der Waals surface area contributed by atoms with Gasteiger partial charge in [0.1, 0.15) is 11.9 Å². The van der Waals surface area contributed by atoms with Gasteiger partial charge in [0, 0.05) is 11.1 Å². The third-order valence-corrected chi connectivity index (χ3v) is 5.05. The highest BCUT2D eigenvalue weighted by Gasteiger charge is 2.30. The van der Waals surface area contributed by atoms with Crippen LogP contribution in [0.2, 0.25) is 5.02 Å². The lowest BCUT2D eigenvalue weighted by Crippen LogP contribution is -2.45. The highest BCUT2D eigenvalue weighted by molar-refractivity contribution is 7.98. The van der Waals surface area contributed by atoms with E-state index in [1.165, 1.54) is 30.0 Å². The van der Waals surface area contributed by atoms with Gasteiger partial charge in [-0.05, 0) is 54.8 Å². The first-order chi connectivity index (χ1) is 14.6. The molecule has 2 N–H and O–H groups in total. The minimum absolute atomic E-state index is 0.0149. The van der Waals surface area contributed by atoms with Gasteiger partial charge in [-0.3, -0.25) is 9.59 Å². The monoisotopic (exact) mass is 475 g/mol. The van der Waals surface area contributed by atoms with Gasteiger partial charge >= 0.3 is 6.18 Å². The number of alkyl halides is 3. The van der Waals surface area contributed by atoms with Crippen LogP contribution < -0.4 is 10.7 Å². The van der Waals surface area contributed by atoms with Gasteiger partial charge in [0.15, 0.2) is 0 Å². The second-order valence-corrected chi connectivity index (χ2v) is 7.65. The maximum atomic E-state index is 13.7. The van der Waals surface area contributed by atoms with E-state index < -0.39 is 35.4 Å². The molecule has 0 aliphatic rings. The number of rotatable bonds is 8. The predicted octanol–water partition coefficient (Wildman–Crippen LogP) is 4.50. The molecule has 0 aromatic heterocycles. The fraction of sp³-hybridized carbons (Fsp3) is 0.250. The maximum Gasteiger partial charge on any atom is 0.416 e. The summed E-state index contributed by atoms with van der Waals surface area (Å²) in [5.74, 6) is -1.48. The Balaban J connectivity index is 2.07. The summed E-state index contributed by atoms with van der Waals surface area (Å²) in [6.45, 7) is 0. The first-order valence-corrected chi connectivity index (χ1v) is 10.6. The Morgan fingerprint density at radius 3 is 2.45 bits per heavy atom. The molecule has 0 spiro atoms. The number of hydrazone groups is 1. The predicted molar refractivity (Wildman–Crippen MR) is 113 cm³/mol. The number of hydrogen-bond donors (Lipinski definition) is 2. The molecule has 2 aromatic rings. The lowest BCUT2D eigenvalue weighted by atomic mass is 10.1. The van der Waals surface area contributed by atoms with Crippen molar-refractivity contribution >= 4 is 41.4 Å². The summed E-state index contributed by atoms with van der Waals surface area (Å²) in [6.07, 6.45) is -1.42. The highest BCUT2D eigenvalue weighted by Crippen LogP contribution is 2.29. The van der Waals surface area contributed by atoms with Crippen LogP contribution in [0.15, 0.2) is 47.6 Å². The van der Waals surface area contributed by atoms with Crippen LogP contribution in [0, 0.1) is 5.82 Å². The number of carbonyl (C=O) groups excluding carboxylic acids is 2. The van der Waals surface area contributed by atoms with Crippen molar-refractivity contribution in [3.8, 4) is 0 Å². The van der Waals surface area contributed by atoms with E-state index in [4.69, 9.17) is 11.6 Å². The summed E-state index contributed by atoms with van der Waals surface area (Å²) < 4.78 is 51.7. The molecular formula is C20H18ClF4N3O2S. The molecule has 0 aliphatic heterocycles. The molecular weight excluding hydrogens is 458 g/mol. The number of halogens is 5. The van der Waals surface area contributed by atoms with Crippen LogP contribution in [0.3, 0.4) is 0 Å². The average Bonchev–Trinajstić information content (AvgIpc) is 2.72. The number of carbonyl (C=O) groups is 2. The summed E-state index contributed by atoms with van der Waals surface area (Å²) in [5.41, 5.74) is 1.28. The van der Waals surface area contributed by atoms with Crippen LogP contribution in [0.1, 0.15) is 27.9 Å². The average molecular weight is 476 g/mol. The van der Waals surface area contributed by atoms with E-state index in [1.54, 1.807) is 0 Å². The molecule has 2 aromatic carbocycles. The second kappa shape index (κ2) is 11.1. The fourth-order valence-electron chi connectivity index (χ4n) is 2.43. The van der Waals surface area contributed by atoms with Crippen molar-refractivity contribution in [2.24, 2.45) is 5.10 Å². The van der Waals surface area contributed by atoms with Crippen LogP contribution in [0.5, 0.6) is 0 Å². The summed E-state index contributed by atoms with van der Waals surface area (Å²) in [6, 6.07) is 6.68. The Kier molecular flexibility index (Phi) is 8.88. The molecule has 11 heteroatoms. The standard InChI is InChI=1S/C20H18ClF4N3O2S/c1-31-10-9-17(19(30)28-26-11-14-15(21)3-2-4-16(14)22)27-18(29)12-5-7-13(8-6-12)20(23,24)25/h2-8,11,17H,9-10H2,1H3,(H,27,29)(H,28,30)/b26-11+. The van der Waals surface area contributed by atoms with Crippen LogP contribution >= 0.6 is 23.4 Å². The normalized spacial score (nSPS) is 12.6. The van der Waals surface area contributed by atoms with E-state index in [1.807, 2.05) is 6.26 Å². The number of nitrogens with zero attached hydrogens (tertiary/aromatic N) is 1. The van der Waals surface area contributed by atoms with Gasteiger partial charge in [-0.2, -0.15) is 30.0 Å². The van der Waals surface area contributed by atoms with Crippen molar-refractivity contribution in [1.29, 1.82) is 0 Å². The summed E-state index contributed by atoms with van der Waals surface area (Å²) in [5, 5.41) is 6.26. The molecule has 2 rings (SSSR count). The fourth-order valence-corrected chi connectivity index (χ4v) is 3.11. The topological polar surface area (TPSA) is 70.6 Å². The molecule has 0 heterocycles.